The van der Waals surface area contributed by atoms with Gasteiger partial charge < -0.3 is 10.6 Å². The molecule has 4 heteroatoms. The maximum Gasteiger partial charge on any atom is 0.152 e. The minimum absolute atomic E-state index is 0.596. The van der Waals surface area contributed by atoms with Crippen LogP contribution < -0.4 is 10.6 Å². The smallest absolute Gasteiger partial charge is 0.152 e. The molecule has 0 amide bonds. The molecule has 0 aliphatic heterocycles. The molecule has 0 bridgehead atoms. The van der Waals surface area contributed by atoms with Gasteiger partial charge in [-0.05, 0) is 34.8 Å². The fraction of sp³-hybridized carbons (Fsp3) is 0.364. The van der Waals surface area contributed by atoms with Gasteiger partial charge >= 0.3 is 0 Å². The molecule has 3 nitrogen and oxygen atoms in total. The Morgan fingerprint density at radius 1 is 1.67 bits per heavy atom. The summed E-state index contributed by atoms with van der Waals surface area (Å²) in [6.07, 6.45) is 6.13. The van der Waals surface area contributed by atoms with Crippen LogP contribution in [-0.4, -0.2) is 17.6 Å². The van der Waals surface area contributed by atoms with E-state index in [-0.39, 0.29) is 0 Å². The lowest BCUT2D eigenvalue weighted by Gasteiger charge is -2.23. The van der Waals surface area contributed by atoms with Crippen LogP contribution in [0.3, 0.4) is 0 Å². The predicted octanol–water partition coefficient (Wildman–Crippen LogP) is 2.58. The van der Waals surface area contributed by atoms with E-state index in [1.807, 2.05) is 12.1 Å². The van der Waals surface area contributed by atoms with Crippen LogP contribution in [0.2, 0.25) is 0 Å². The van der Waals surface area contributed by atoms with Crippen molar-refractivity contribution in [2.75, 3.05) is 17.2 Å². The lowest BCUT2D eigenvalue weighted by atomic mass is 10.3. The van der Waals surface area contributed by atoms with Crippen molar-refractivity contribution in [3.05, 3.63) is 29.4 Å². The van der Waals surface area contributed by atoms with E-state index in [9.17, 15) is 0 Å². The van der Waals surface area contributed by atoms with Crippen molar-refractivity contribution < 1.29 is 0 Å². The summed E-state index contributed by atoms with van der Waals surface area (Å²) in [7, 11) is 0. The molecule has 0 spiro atoms. The van der Waals surface area contributed by atoms with Gasteiger partial charge in [0.05, 0.1) is 5.69 Å². The Morgan fingerprint density at radius 2 is 2.40 bits per heavy atom. The van der Waals surface area contributed by atoms with E-state index in [2.05, 4.69) is 32.4 Å². The van der Waals surface area contributed by atoms with Crippen molar-refractivity contribution >= 4 is 27.4 Å². The highest BCUT2D eigenvalue weighted by molar-refractivity contribution is 9.10. The monoisotopic (exact) mass is 267 g/mol. The standard InChI is InChI=1S/C11H14BrN3/c1-2-5-15(9-3-4-9)11-10(13)6-8(12)7-14-11/h2,6-7,9H,1,3-5,13H2. The van der Waals surface area contributed by atoms with Crippen molar-refractivity contribution in [1.82, 2.24) is 4.98 Å². The van der Waals surface area contributed by atoms with E-state index in [1.54, 1.807) is 6.20 Å². The second-order valence-corrected chi connectivity index (χ2v) is 4.65. The Bertz CT molecular complexity index is 374. The zero-order valence-electron chi connectivity index (χ0n) is 8.49. The first kappa shape index (κ1) is 10.5. The van der Waals surface area contributed by atoms with Crippen LogP contribution >= 0.6 is 15.9 Å². The third-order valence-corrected chi connectivity index (χ3v) is 2.88. The molecular weight excluding hydrogens is 254 g/mol. The zero-order valence-corrected chi connectivity index (χ0v) is 10.1. The Balaban J connectivity index is 2.28. The largest absolute Gasteiger partial charge is 0.396 e. The number of nitrogens with two attached hydrogens (primary N) is 1. The first-order valence-electron chi connectivity index (χ1n) is 5.01. The van der Waals surface area contributed by atoms with Gasteiger partial charge in [-0.15, -0.1) is 6.58 Å². The number of nitrogen functional groups attached to an aromatic ring is 1. The van der Waals surface area contributed by atoms with Crippen molar-refractivity contribution in [2.45, 2.75) is 18.9 Å². The number of hydrogen-bond acceptors (Lipinski definition) is 3. The molecule has 1 aliphatic carbocycles. The summed E-state index contributed by atoms with van der Waals surface area (Å²) >= 11 is 3.36. The van der Waals surface area contributed by atoms with E-state index in [4.69, 9.17) is 5.73 Å². The second kappa shape index (κ2) is 4.23. The van der Waals surface area contributed by atoms with E-state index in [0.29, 0.717) is 6.04 Å². The summed E-state index contributed by atoms with van der Waals surface area (Å²) < 4.78 is 0.915. The maximum atomic E-state index is 5.95. The van der Waals surface area contributed by atoms with Gasteiger partial charge in [0.1, 0.15) is 0 Å². The number of hydrogen-bond donors (Lipinski definition) is 1. The number of rotatable bonds is 4. The third-order valence-electron chi connectivity index (χ3n) is 2.45. The van der Waals surface area contributed by atoms with Crippen LogP contribution in [0.4, 0.5) is 11.5 Å². The third kappa shape index (κ3) is 2.31. The first-order chi connectivity index (χ1) is 7.22. The summed E-state index contributed by atoms with van der Waals surface area (Å²) in [4.78, 5) is 6.58. The Labute approximate surface area is 98.1 Å². The molecule has 0 aromatic carbocycles. The summed E-state index contributed by atoms with van der Waals surface area (Å²) in [6, 6.07) is 2.49. The SMILES string of the molecule is C=CCN(c1ncc(Br)cc1N)C1CC1. The molecule has 15 heavy (non-hydrogen) atoms. The maximum absolute atomic E-state index is 5.95. The number of nitrogens with zero attached hydrogens (tertiary/aromatic N) is 2. The molecule has 1 fully saturated rings. The summed E-state index contributed by atoms with van der Waals surface area (Å²) in [6.45, 7) is 4.57. The first-order valence-corrected chi connectivity index (χ1v) is 5.80. The van der Waals surface area contributed by atoms with Crippen LogP contribution in [0.5, 0.6) is 0 Å². The predicted molar refractivity (Wildman–Crippen MR) is 66.9 cm³/mol. The van der Waals surface area contributed by atoms with Crippen molar-refractivity contribution in [2.24, 2.45) is 0 Å². The fourth-order valence-corrected chi connectivity index (χ4v) is 1.97. The van der Waals surface area contributed by atoms with Gasteiger partial charge in [-0.2, -0.15) is 0 Å². The fourth-order valence-electron chi connectivity index (χ4n) is 1.62. The molecule has 1 heterocycles. The molecule has 0 saturated heterocycles. The molecule has 1 aliphatic rings. The number of anilines is 2. The van der Waals surface area contributed by atoms with Gasteiger partial charge in [-0.1, -0.05) is 6.08 Å². The second-order valence-electron chi connectivity index (χ2n) is 3.74. The minimum atomic E-state index is 0.596. The van der Waals surface area contributed by atoms with Gasteiger partial charge in [0.2, 0.25) is 0 Å². The normalized spacial score (nSPS) is 15.0. The van der Waals surface area contributed by atoms with Crippen molar-refractivity contribution in [1.29, 1.82) is 0 Å². The summed E-state index contributed by atoms with van der Waals surface area (Å²) in [5.74, 6) is 0.876. The molecule has 0 unspecified atom stereocenters. The molecule has 1 saturated carbocycles. The quantitative estimate of drug-likeness (QED) is 0.853. The van der Waals surface area contributed by atoms with Gasteiger partial charge in [0.25, 0.3) is 0 Å². The highest BCUT2D eigenvalue weighted by atomic mass is 79.9. The molecule has 0 radical (unpaired) electrons. The van der Waals surface area contributed by atoms with Gasteiger partial charge in [-0.25, -0.2) is 4.98 Å². The number of halogens is 1. The molecule has 2 rings (SSSR count). The highest BCUT2D eigenvalue weighted by Gasteiger charge is 2.30. The van der Waals surface area contributed by atoms with Crippen molar-refractivity contribution in [3.63, 3.8) is 0 Å². The summed E-state index contributed by atoms with van der Waals surface area (Å²) in [5, 5.41) is 0. The Kier molecular flexibility index (Phi) is 2.95. The molecule has 1 aromatic rings. The molecular formula is C11H14BrN3. The Morgan fingerprint density at radius 3 is 2.93 bits per heavy atom. The molecule has 80 valence electrons. The lowest BCUT2D eigenvalue weighted by molar-refractivity contribution is 0.843. The molecule has 1 aromatic heterocycles. The van der Waals surface area contributed by atoms with Crippen molar-refractivity contribution in [3.8, 4) is 0 Å². The number of aromatic nitrogens is 1. The topological polar surface area (TPSA) is 42.2 Å². The molecule has 0 atom stereocenters. The van der Waals surface area contributed by atoms with Crippen LogP contribution in [-0.2, 0) is 0 Å². The van der Waals surface area contributed by atoms with Crippen LogP contribution in [0.15, 0.2) is 29.4 Å². The van der Waals surface area contributed by atoms with Crippen LogP contribution in [0.1, 0.15) is 12.8 Å². The van der Waals surface area contributed by atoms with E-state index >= 15 is 0 Å². The van der Waals surface area contributed by atoms with Gasteiger partial charge in [0, 0.05) is 23.3 Å². The van der Waals surface area contributed by atoms with Gasteiger partial charge in [-0.3, -0.25) is 0 Å². The molecule has 2 N–H and O–H groups in total. The average molecular weight is 268 g/mol. The lowest BCUT2D eigenvalue weighted by Crippen LogP contribution is -2.27. The average Bonchev–Trinajstić information content (AvgIpc) is 2.98. The van der Waals surface area contributed by atoms with E-state index in [0.717, 1.165) is 22.5 Å². The summed E-state index contributed by atoms with van der Waals surface area (Å²) in [5.41, 5.74) is 6.67. The van der Waals surface area contributed by atoms with Crippen LogP contribution in [0, 0.1) is 0 Å². The van der Waals surface area contributed by atoms with Crippen LogP contribution in [0.25, 0.3) is 0 Å². The van der Waals surface area contributed by atoms with Gasteiger partial charge in [0.15, 0.2) is 5.82 Å². The number of pyridine rings is 1. The minimum Gasteiger partial charge on any atom is -0.396 e. The zero-order chi connectivity index (χ0) is 10.8. The van der Waals surface area contributed by atoms with E-state index in [1.165, 1.54) is 12.8 Å². The van der Waals surface area contributed by atoms with E-state index < -0.39 is 0 Å². The highest BCUT2D eigenvalue weighted by Crippen LogP contribution is 2.33. The Hall–Kier alpha value is -1.03.